The van der Waals surface area contributed by atoms with Gasteiger partial charge in [0.05, 0.1) is 32.9 Å². The van der Waals surface area contributed by atoms with Crippen LogP contribution in [0.3, 0.4) is 0 Å². The second-order valence-corrected chi connectivity index (χ2v) is 8.07. The standard InChI is InChI=1S/C28H27NO6/c1-33-21-12-10-20(11-13-21)26(30)24-25(19-7-5-4-6-8-19)29(28(32)27(24)31)16-15-18-9-14-22(34-2)23(17-18)35-3/h4-14,17,25,30H,15-16H2,1-3H3/b26-24-. The zero-order chi connectivity index (χ0) is 24.9. The number of likely N-dealkylation sites (tertiary alicyclic amines) is 1. The molecule has 1 amide bonds. The summed E-state index contributed by atoms with van der Waals surface area (Å²) in [5.74, 6) is 0.255. The van der Waals surface area contributed by atoms with Crippen molar-refractivity contribution in [3.8, 4) is 17.2 Å². The molecule has 0 aromatic heterocycles. The van der Waals surface area contributed by atoms with Gasteiger partial charge < -0.3 is 24.2 Å². The van der Waals surface area contributed by atoms with Gasteiger partial charge in [0, 0.05) is 12.1 Å². The molecule has 1 N–H and O–H groups in total. The number of rotatable bonds is 8. The summed E-state index contributed by atoms with van der Waals surface area (Å²) in [5, 5.41) is 11.1. The van der Waals surface area contributed by atoms with E-state index in [1.807, 2.05) is 42.5 Å². The maximum Gasteiger partial charge on any atom is 0.295 e. The van der Waals surface area contributed by atoms with Crippen LogP contribution in [-0.4, -0.2) is 49.6 Å². The number of aliphatic hydroxyl groups is 1. The number of carbonyl (C=O) groups is 2. The van der Waals surface area contributed by atoms with Crippen LogP contribution in [-0.2, 0) is 16.0 Å². The fourth-order valence-electron chi connectivity index (χ4n) is 4.28. The zero-order valence-electron chi connectivity index (χ0n) is 19.9. The lowest BCUT2D eigenvalue weighted by Gasteiger charge is -2.25. The van der Waals surface area contributed by atoms with E-state index in [0.29, 0.717) is 29.2 Å². The van der Waals surface area contributed by atoms with E-state index in [4.69, 9.17) is 14.2 Å². The predicted octanol–water partition coefficient (Wildman–Crippen LogP) is 4.38. The molecule has 0 aliphatic carbocycles. The fraction of sp³-hybridized carbons (Fsp3) is 0.214. The Kier molecular flexibility index (Phi) is 7.06. The molecule has 1 saturated heterocycles. The van der Waals surface area contributed by atoms with Crippen molar-refractivity contribution in [2.45, 2.75) is 12.5 Å². The van der Waals surface area contributed by atoms with E-state index in [0.717, 1.165) is 11.1 Å². The van der Waals surface area contributed by atoms with Crippen LogP contribution < -0.4 is 14.2 Å². The van der Waals surface area contributed by atoms with Crippen molar-refractivity contribution in [2.75, 3.05) is 27.9 Å². The number of benzene rings is 3. The molecule has 4 rings (SSSR count). The van der Waals surface area contributed by atoms with Crippen LogP contribution in [0.5, 0.6) is 17.2 Å². The Morgan fingerprint density at radius 2 is 1.54 bits per heavy atom. The highest BCUT2D eigenvalue weighted by molar-refractivity contribution is 6.46. The summed E-state index contributed by atoms with van der Waals surface area (Å²) in [5.41, 5.74) is 2.17. The molecule has 0 bridgehead atoms. The number of amides is 1. The Balaban J connectivity index is 1.71. The lowest BCUT2D eigenvalue weighted by molar-refractivity contribution is -0.139. The van der Waals surface area contributed by atoms with E-state index < -0.39 is 17.7 Å². The molecule has 1 aliphatic heterocycles. The van der Waals surface area contributed by atoms with Crippen LogP contribution in [0.4, 0.5) is 0 Å². The molecule has 3 aromatic carbocycles. The molecule has 0 spiro atoms. The van der Waals surface area contributed by atoms with Gasteiger partial charge in [-0.2, -0.15) is 0 Å². The topological polar surface area (TPSA) is 85.3 Å². The van der Waals surface area contributed by atoms with Crippen molar-refractivity contribution in [3.63, 3.8) is 0 Å². The summed E-state index contributed by atoms with van der Waals surface area (Å²) in [6.45, 7) is 0.277. The number of ketones is 1. The number of ether oxygens (including phenoxy) is 3. The lowest BCUT2D eigenvalue weighted by atomic mass is 9.95. The van der Waals surface area contributed by atoms with Gasteiger partial charge in [-0.25, -0.2) is 0 Å². The van der Waals surface area contributed by atoms with Gasteiger partial charge in [0.2, 0.25) is 0 Å². The van der Waals surface area contributed by atoms with Crippen LogP contribution in [0.1, 0.15) is 22.7 Å². The molecule has 7 nitrogen and oxygen atoms in total. The van der Waals surface area contributed by atoms with E-state index in [-0.39, 0.29) is 17.9 Å². The van der Waals surface area contributed by atoms with Gasteiger partial charge in [0.15, 0.2) is 11.5 Å². The van der Waals surface area contributed by atoms with Crippen LogP contribution in [0.2, 0.25) is 0 Å². The van der Waals surface area contributed by atoms with E-state index >= 15 is 0 Å². The molecule has 0 saturated carbocycles. The minimum absolute atomic E-state index is 0.0682. The van der Waals surface area contributed by atoms with Crippen molar-refractivity contribution in [1.82, 2.24) is 4.90 Å². The minimum atomic E-state index is -0.710. The maximum atomic E-state index is 13.2. The van der Waals surface area contributed by atoms with Crippen molar-refractivity contribution < 1.29 is 28.9 Å². The highest BCUT2D eigenvalue weighted by Gasteiger charge is 2.45. The average Bonchev–Trinajstić information content (AvgIpc) is 3.16. The monoisotopic (exact) mass is 473 g/mol. The van der Waals surface area contributed by atoms with Crippen LogP contribution >= 0.6 is 0 Å². The molecule has 1 heterocycles. The first kappa shape index (κ1) is 23.9. The van der Waals surface area contributed by atoms with Crippen molar-refractivity contribution in [2.24, 2.45) is 0 Å². The van der Waals surface area contributed by atoms with Crippen molar-refractivity contribution in [3.05, 3.63) is 95.1 Å². The second-order valence-electron chi connectivity index (χ2n) is 8.07. The Labute approximate surface area is 204 Å². The van der Waals surface area contributed by atoms with Gasteiger partial charge >= 0.3 is 0 Å². The molecule has 1 aliphatic rings. The second kappa shape index (κ2) is 10.3. The first-order chi connectivity index (χ1) is 17.0. The molecule has 35 heavy (non-hydrogen) atoms. The lowest BCUT2D eigenvalue weighted by Crippen LogP contribution is -2.31. The van der Waals surface area contributed by atoms with Gasteiger partial charge in [-0.05, 0) is 53.9 Å². The molecule has 1 atom stereocenters. The summed E-state index contributed by atoms with van der Waals surface area (Å²) < 4.78 is 15.9. The third-order valence-electron chi connectivity index (χ3n) is 6.11. The van der Waals surface area contributed by atoms with Crippen molar-refractivity contribution >= 4 is 17.4 Å². The Morgan fingerprint density at radius 1 is 0.857 bits per heavy atom. The third-order valence-corrected chi connectivity index (χ3v) is 6.11. The summed E-state index contributed by atoms with van der Waals surface area (Å²) in [6.07, 6.45) is 0.485. The largest absolute Gasteiger partial charge is 0.507 e. The number of Topliss-reactive ketones (excluding diaryl/α,β-unsaturated/α-hetero) is 1. The van der Waals surface area contributed by atoms with Gasteiger partial charge in [-0.15, -0.1) is 0 Å². The molecule has 7 heteroatoms. The summed E-state index contributed by atoms with van der Waals surface area (Å²) in [6, 6.07) is 20.8. The summed E-state index contributed by atoms with van der Waals surface area (Å²) in [7, 11) is 4.68. The number of nitrogens with zero attached hydrogens (tertiary/aromatic N) is 1. The molecule has 3 aromatic rings. The Bertz CT molecular complexity index is 1250. The van der Waals surface area contributed by atoms with E-state index in [2.05, 4.69) is 0 Å². The Morgan fingerprint density at radius 3 is 2.17 bits per heavy atom. The quantitative estimate of drug-likeness (QED) is 0.297. The van der Waals surface area contributed by atoms with E-state index in [1.54, 1.807) is 51.7 Å². The Hall–Kier alpha value is -4.26. The predicted molar refractivity (Wildman–Crippen MR) is 132 cm³/mol. The smallest absolute Gasteiger partial charge is 0.295 e. The van der Waals surface area contributed by atoms with Gasteiger partial charge in [-0.3, -0.25) is 9.59 Å². The number of carbonyl (C=O) groups excluding carboxylic acids is 2. The van der Waals surface area contributed by atoms with Gasteiger partial charge in [0.1, 0.15) is 11.5 Å². The summed E-state index contributed by atoms with van der Waals surface area (Å²) >= 11 is 0. The zero-order valence-corrected chi connectivity index (χ0v) is 19.9. The number of hydrogen-bond donors (Lipinski definition) is 1. The first-order valence-electron chi connectivity index (χ1n) is 11.2. The highest BCUT2D eigenvalue weighted by Crippen LogP contribution is 2.39. The molecule has 1 fully saturated rings. The third kappa shape index (κ3) is 4.71. The number of methoxy groups -OCH3 is 3. The molecule has 1 unspecified atom stereocenters. The normalized spacial score (nSPS) is 16.9. The molecule has 180 valence electrons. The van der Waals surface area contributed by atoms with Gasteiger partial charge in [-0.1, -0.05) is 36.4 Å². The highest BCUT2D eigenvalue weighted by atomic mass is 16.5. The van der Waals surface area contributed by atoms with Crippen LogP contribution in [0.15, 0.2) is 78.4 Å². The van der Waals surface area contributed by atoms with Crippen LogP contribution in [0, 0.1) is 0 Å². The molecular weight excluding hydrogens is 446 g/mol. The SMILES string of the molecule is COc1ccc(/C(O)=C2/C(=O)C(=O)N(CCc3ccc(OC)c(OC)c3)C2c2ccccc2)cc1. The van der Waals surface area contributed by atoms with E-state index in [1.165, 1.54) is 4.90 Å². The summed E-state index contributed by atoms with van der Waals surface area (Å²) in [4.78, 5) is 27.8. The minimum Gasteiger partial charge on any atom is -0.507 e. The number of aliphatic hydroxyl groups excluding tert-OH is 1. The van der Waals surface area contributed by atoms with Crippen molar-refractivity contribution in [1.29, 1.82) is 0 Å². The van der Waals surface area contributed by atoms with E-state index in [9.17, 15) is 14.7 Å². The molecule has 0 radical (unpaired) electrons. The first-order valence-corrected chi connectivity index (χ1v) is 11.2. The molecular formula is C28H27NO6. The fourth-order valence-corrected chi connectivity index (χ4v) is 4.28. The number of hydrogen-bond acceptors (Lipinski definition) is 6. The van der Waals surface area contributed by atoms with Crippen LogP contribution in [0.25, 0.3) is 5.76 Å². The average molecular weight is 474 g/mol. The maximum absolute atomic E-state index is 13.2. The van der Waals surface area contributed by atoms with Gasteiger partial charge in [0.25, 0.3) is 11.7 Å².